The molecule has 0 aromatic heterocycles. The fraction of sp³-hybridized carbons (Fsp3) is 0.417. The highest BCUT2D eigenvalue weighted by molar-refractivity contribution is 5.96. The van der Waals surface area contributed by atoms with Crippen LogP contribution in [0.4, 0.5) is 13.2 Å². The number of benzene rings is 2. The van der Waals surface area contributed by atoms with Crippen LogP contribution in [0.3, 0.4) is 0 Å². The third-order valence-electron chi connectivity index (χ3n) is 5.42. The first-order valence-electron chi connectivity index (χ1n) is 10.7. The molecular formula is C24H27F3N2O3. The maximum Gasteiger partial charge on any atom is 0.417 e. The van der Waals surface area contributed by atoms with Gasteiger partial charge in [0.1, 0.15) is 5.75 Å². The minimum Gasteiger partial charge on any atom is -0.494 e. The molecule has 2 amide bonds. The number of carbonyl (C=O) groups is 2. The molecule has 0 aliphatic carbocycles. The van der Waals surface area contributed by atoms with Gasteiger partial charge in [-0.1, -0.05) is 29.8 Å². The lowest BCUT2D eigenvalue weighted by atomic mass is 10.1. The standard InChI is InChI=1S/C24H27F3N2O3/c1-18-9-11-19(12-10-18)32-17-4-8-22(30)28-13-5-14-29(16-15-28)23(31)20-6-2-3-7-21(20)24(25,26)27/h2-3,6-7,9-12H,4-5,8,13-17H2,1H3. The molecule has 1 fully saturated rings. The zero-order chi connectivity index (χ0) is 23.1. The number of hydrogen-bond donors (Lipinski definition) is 0. The number of rotatable bonds is 6. The first kappa shape index (κ1) is 23.6. The van der Waals surface area contributed by atoms with Crippen LogP contribution in [0.2, 0.25) is 0 Å². The van der Waals surface area contributed by atoms with Crippen LogP contribution in [-0.2, 0) is 11.0 Å². The van der Waals surface area contributed by atoms with Gasteiger partial charge in [0.05, 0.1) is 17.7 Å². The molecule has 0 spiro atoms. The van der Waals surface area contributed by atoms with Crippen LogP contribution in [0.1, 0.15) is 40.7 Å². The number of alkyl halides is 3. The molecule has 1 aliphatic rings. The van der Waals surface area contributed by atoms with E-state index in [1.165, 1.54) is 23.1 Å². The lowest BCUT2D eigenvalue weighted by molar-refractivity contribution is -0.138. The fourth-order valence-electron chi connectivity index (χ4n) is 3.66. The Balaban J connectivity index is 1.50. The predicted octanol–water partition coefficient (Wildman–Crippen LogP) is 4.55. The summed E-state index contributed by atoms with van der Waals surface area (Å²) >= 11 is 0. The number of ether oxygens (including phenoxy) is 1. The van der Waals surface area contributed by atoms with Crippen molar-refractivity contribution in [2.24, 2.45) is 0 Å². The summed E-state index contributed by atoms with van der Waals surface area (Å²) in [6.45, 7) is 3.71. The minimum absolute atomic E-state index is 0.0394. The summed E-state index contributed by atoms with van der Waals surface area (Å²) in [6, 6.07) is 12.5. The molecule has 3 rings (SSSR count). The van der Waals surface area contributed by atoms with E-state index >= 15 is 0 Å². The average molecular weight is 448 g/mol. The van der Waals surface area contributed by atoms with E-state index in [2.05, 4.69) is 0 Å². The van der Waals surface area contributed by atoms with Gasteiger partial charge >= 0.3 is 6.18 Å². The van der Waals surface area contributed by atoms with Crippen molar-refractivity contribution < 1.29 is 27.5 Å². The number of nitrogens with zero attached hydrogens (tertiary/aromatic N) is 2. The zero-order valence-electron chi connectivity index (χ0n) is 18.0. The Morgan fingerprint density at radius 2 is 1.59 bits per heavy atom. The van der Waals surface area contributed by atoms with Gasteiger partial charge in [0.15, 0.2) is 0 Å². The van der Waals surface area contributed by atoms with E-state index in [9.17, 15) is 22.8 Å². The number of hydrogen-bond acceptors (Lipinski definition) is 3. The lowest BCUT2D eigenvalue weighted by Crippen LogP contribution is -2.38. The highest BCUT2D eigenvalue weighted by Crippen LogP contribution is 2.32. The second-order valence-electron chi connectivity index (χ2n) is 7.83. The van der Waals surface area contributed by atoms with E-state index in [-0.39, 0.29) is 18.0 Å². The molecule has 0 unspecified atom stereocenters. The predicted molar refractivity (Wildman–Crippen MR) is 114 cm³/mol. The van der Waals surface area contributed by atoms with Gasteiger partial charge < -0.3 is 14.5 Å². The molecule has 2 aromatic rings. The van der Waals surface area contributed by atoms with Gasteiger partial charge in [0.2, 0.25) is 5.91 Å². The van der Waals surface area contributed by atoms with Crippen molar-refractivity contribution in [3.8, 4) is 5.75 Å². The quantitative estimate of drug-likeness (QED) is 0.610. The third-order valence-corrected chi connectivity index (χ3v) is 5.42. The van der Waals surface area contributed by atoms with Crippen LogP contribution in [-0.4, -0.2) is 54.4 Å². The summed E-state index contributed by atoms with van der Waals surface area (Å²) < 4.78 is 45.4. The molecule has 2 aromatic carbocycles. The summed E-state index contributed by atoms with van der Waals surface area (Å²) in [4.78, 5) is 28.4. The zero-order valence-corrected chi connectivity index (χ0v) is 18.0. The van der Waals surface area contributed by atoms with Crippen molar-refractivity contribution in [2.75, 3.05) is 32.8 Å². The van der Waals surface area contributed by atoms with Gasteiger partial charge in [-0.05, 0) is 44.0 Å². The smallest absolute Gasteiger partial charge is 0.417 e. The summed E-state index contributed by atoms with van der Waals surface area (Å²) in [5.41, 5.74) is -0.146. The third kappa shape index (κ3) is 6.24. The molecule has 1 saturated heterocycles. The van der Waals surface area contributed by atoms with Crippen LogP contribution in [0.15, 0.2) is 48.5 Å². The first-order valence-corrected chi connectivity index (χ1v) is 10.7. The van der Waals surface area contributed by atoms with Gasteiger partial charge in [0.25, 0.3) is 5.91 Å². The molecule has 32 heavy (non-hydrogen) atoms. The molecule has 1 aliphatic heterocycles. The lowest BCUT2D eigenvalue weighted by Gasteiger charge is -2.23. The second kappa shape index (κ2) is 10.5. The van der Waals surface area contributed by atoms with E-state index in [0.717, 1.165) is 17.4 Å². The Morgan fingerprint density at radius 3 is 2.31 bits per heavy atom. The van der Waals surface area contributed by atoms with Crippen molar-refractivity contribution in [2.45, 2.75) is 32.4 Å². The van der Waals surface area contributed by atoms with Crippen molar-refractivity contribution >= 4 is 11.8 Å². The summed E-state index contributed by atoms with van der Waals surface area (Å²) in [7, 11) is 0. The van der Waals surface area contributed by atoms with Crippen molar-refractivity contribution in [1.29, 1.82) is 0 Å². The molecule has 1 heterocycles. The Bertz CT molecular complexity index is 929. The number of amides is 2. The van der Waals surface area contributed by atoms with Crippen LogP contribution >= 0.6 is 0 Å². The van der Waals surface area contributed by atoms with Gasteiger partial charge in [0, 0.05) is 32.6 Å². The number of halogens is 3. The van der Waals surface area contributed by atoms with Gasteiger partial charge in [-0.15, -0.1) is 0 Å². The van der Waals surface area contributed by atoms with Gasteiger partial charge in [-0.3, -0.25) is 9.59 Å². The molecule has 0 saturated carbocycles. The van der Waals surface area contributed by atoms with Crippen LogP contribution < -0.4 is 4.74 Å². The SMILES string of the molecule is Cc1ccc(OCCCC(=O)N2CCCN(C(=O)c3ccccc3C(F)(F)F)CC2)cc1. The Kier molecular flexibility index (Phi) is 7.77. The number of carbonyl (C=O) groups excluding carboxylic acids is 2. The molecular weight excluding hydrogens is 421 g/mol. The Morgan fingerprint density at radius 1 is 0.938 bits per heavy atom. The van der Waals surface area contributed by atoms with Crippen LogP contribution in [0.25, 0.3) is 0 Å². The first-order chi connectivity index (χ1) is 15.3. The highest BCUT2D eigenvalue weighted by Gasteiger charge is 2.36. The van der Waals surface area contributed by atoms with Crippen molar-refractivity contribution in [3.05, 3.63) is 65.2 Å². The van der Waals surface area contributed by atoms with E-state index in [0.29, 0.717) is 45.5 Å². The molecule has 0 N–H and O–H groups in total. The minimum atomic E-state index is -4.60. The molecule has 0 bridgehead atoms. The van der Waals surface area contributed by atoms with Crippen molar-refractivity contribution in [1.82, 2.24) is 9.80 Å². The Hall–Kier alpha value is -3.03. The maximum atomic E-state index is 13.3. The summed E-state index contributed by atoms with van der Waals surface area (Å²) in [5.74, 6) is 0.0623. The summed E-state index contributed by atoms with van der Waals surface area (Å²) in [6.07, 6.45) is -3.20. The summed E-state index contributed by atoms with van der Waals surface area (Å²) in [5, 5.41) is 0. The fourth-order valence-corrected chi connectivity index (χ4v) is 3.66. The highest BCUT2D eigenvalue weighted by atomic mass is 19.4. The Labute approximate surface area is 185 Å². The van der Waals surface area contributed by atoms with E-state index in [1.807, 2.05) is 31.2 Å². The normalized spacial score (nSPS) is 14.8. The van der Waals surface area contributed by atoms with Gasteiger partial charge in [-0.25, -0.2) is 0 Å². The molecule has 0 atom stereocenters. The molecule has 172 valence electrons. The van der Waals surface area contributed by atoms with Crippen LogP contribution in [0, 0.1) is 6.92 Å². The van der Waals surface area contributed by atoms with Crippen LogP contribution in [0.5, 0.6) is 5.75 Å². The van der Waals surface area contributed by atoms with Gasteiger partial charge in [-0.2, -0.15) is 13.2 Å². The monoisotopic (exact) mass is 448 g/mol. The molecule has 5 nitrogen and oxygen atoms in total. The van der Waals surface area contributed by atoms with E-state index in [1.54, 1.807) is 4.90 Å². The second-order valence-corrected chi connectivity index (χ2v) is 7.83. The van der Waals surface area contributed by atoms with E-state index in [4.69, 9.17) is 4.74 Å². The topological polar surface area (TPSA) is 49.9 Å². The molecule has 8 heteroatoms. The van der Waals surface area contributed by atoms with Crippen molar-refractivity contribution in [3.63, 3.8) is 0 Å². The maximum absolute atomic E-state index is 13.3. The molecule has 0 radical (unpaired) electrons. The average Bonchev–Trinajstić information content (AvgIpc) is 3.03. The van der Waals surface area contributed by atoms with E-state index < -0.39 is 17.6 Å². The largest absolute Gasteiger partial charge is 0.494 e. The number of aryl methyl sites for hydroxylation is 1.